The van der Waals surface area contributed by atoms with Crippen LogP contribution < -0.4 is 14.5 Å². The number of carbonyl (C=O) groups excluding carboxylic acids is 2. The number of aromatic nitrogens is 2. The van der Waals surface area contributed by atoms with Crippen LogP contribution in [0.3, 0.4) is 0 Å². The van der Waals surface area contributed by atoms with Crippen LogP contribution in [0.4, 0.5) is 16.5 Å². The molecular weight excluding hydrogens is 536 g/mol. The first kappa shape index (κ1) is 25.4. The van der Waals surface area contributed by atoms with Crippen LogP contribution in [0.5, 0.6) is 0 Å². The highest BCUT2D eigenvalue weighted by molar-refractivity contribution is 7.93. The molecule has 2 aromatic carbocycles. The molecule has 1 N–H and O–H groups in total. The number of amides is 2. The van der Waals surface area contributed by atoms with Gasteiger partial charge in [0.2, 0.25) is 16.9 Å². The van der Waals surface area contributed by atoms with Crippen molar-refractivity contribution in [1.29, 1.82) is 0 Å². The van der Waals surface area contributed by atoms with Crippen molar-refractivity contribution >= 4 is 61.5 Å². The van der Waals surface area contributed by atoms with Gasteiger partial charge in [0.25, 0.3) is 10.0 Å². The first-order valence-corrected chi connectivity index (χ1v) is 14.4. The Morgan fingerprint density at radius 3 is 2.62 bits per heavy atom. The van der Waals surface area contributed by atoms with Crippen molar-refractivity contribution < 1.29 is 18.0 Å². The van der Waals surface area contributed by atoms with Crippen LogP contribution in [-0.4, -0.2) is 66.7 Å². The number of sulfonamides is 1. The standard InChI is InChI=1S/C24H25ClN6O4S2/c1-16(30-10-2-3-17-13-18(25)4-9-21(17)30)23(33)29-11-12-31(22(32)14-29)19-5-7-20(8-6-19)37(34,35)28-24-26-15-27-36-24/h4-9,13,15-16H,2-3,10-12,14H2,1H3,(H,26,27,28)/t16-/m0/s1. The number of hydrogen-bond acceptors (Lipinski definition) is 8. The zero-order valence-electron chi connectivity index (χ0n) is 20.0. The number of rotatable bonds is 6. The number of fused-ring (bicyclic) bond motifs is 1. The summed E-state index contributed by atoms with van der Waals surface area (Å²) in [6, 6.07) is 11.4. The normalized spacial score (nSPS) is 16.9. The summed E-state index contributed by atoms with van der Waals surface area (Å²) in [7, 11) is -3.82. The van der Waals surface area contributed by atoms with E-state index < -0.39 is 16.1 Å². The Hall–Kier alpha value is -3.22. The molecule has 0 aliphatic carbocycles. The summed E-state index contributed by atoms with van der Waals surface area (Å²) in [6.45, 7) is 3.30. The van der Waals surface area contributed by atoms with Gasteiger partial charge in [0, 0.05) is 47.6 Å². The molecule has 0 spiro atoms. The fraction of sp³-hybridized carbons (Fsp3) is 0.333. The number of nitrogens with one attached hydrogen (secondary N) is 1. The largest absolute Gasteiger partial charge is 0.360 e. The second-order valence-electron chi connectivity index (χ2n) is 8.90. The summed E-state index contributed by atoms with van der Waals surface area (Å²) in [5, 5.41) is 0.853. The molecule has 13 heteroatoms. The van der Waals surface area contributed by atoms with Gasteiger partial charge in [-0.2, -0.15) is 4.37 Å². The molecule has 0 unspecified atom stereocenters. The van der Waals surface area contributed by atoms with E-state index in [0.29, 0.717) is 23.8 Å². The van der Waals surface area contributed by atoms with Gasteiger partial charge in [0.05, 0.1) is 4.90 Å². The summed E-state index contributed by atoms with van der Waals surface area (Å²) in [5.74, 6) is -0.319. The first-order valence-electron chi connectivity index (χ1n) is 11.8. The molecule has 1 aromatic heterocycles. The molecule has 0 saturated carbocycles. The van der Waals surface area contributed by atoms with Crippen LogP contribution in [0.15, 0.2) is 53.7 Å². The molecule has 2 aliphatic rings. The van der Waals surface area contributed by atoms with E-state index in [2.05, 4.69) is 19.0 Å². The maximum Gasteiger partial charge on any atom is 0.263 e. The van der Waals surface area contributed by atoms with Crippen molar-refractivity contribution in [2.24, 2.45) is 0 Å². The summed E-state index contributed by atoms with van der Waals surface area (Å²) in [6.07, 6.45) is 3.12. The van der Waals surface area contributed by atoms with E-state index in [-0.39, 0.29) is 28.4 Å². The number of carbonyl (C=O) groups is 2. The van der Waals surface area contributed by atoms with Crippen LogP contribution in [0, 0.1) is 0 Å². The number of hydrogen-bond donors (Lipinski definition) is 1. The zero-order valence-corrected chi connectivity index (χ0v) is 22.4. The molecule has 1 atom stereocenters. The third kappa shape index (κ3) is 5.27. The fourth-order valence-electron chi connectivity index (χ4n) is 4.73. The molecule has 0 bridgehead atoms. The molecule has 1 saturated heterocycles. The number of piperazine rings is 1. The van der Waals surface area contributed by atoms with Crippen molar-refractivity contribution in [2.75, 3.05) is 40.7 Å². The number of halogens is 1. The van der Waals surface area contributed by atoms with Crippen LogP contribution >= 0.6 is 23.1 Å². The minimum Gasteiger partial charge on any atom is -0.360 e. The highest BCUT2D eigenvalue weighted by Crippen LogP contribution is 2.31. The van der Waals surface area contributed by atoms with E-state index in [1.807, 2.05) is 25.1 Å². The van der Waals surface area contributed by atoms with Gasteiger partial charge in [-0.05, 0) is 67.8 Å². The monoisotopic (exact) mass is 560 g/mol. The lowest BCUT2D eigenvalue weighted by Gasteiger charge is -2.40. The number of nitrogens with zero attached hydrogens (tertiary/aromatic N) is 5. The SMILES string of the molecule is C[C@@H](C(=O)N1CCN(c2ccc(S(=O)(=O)Nc3ncns3)cc2)C(=O)C1)N1CCCc2cc(Cl)ccc21. The predicted molar refractivity (Wildman–Crippen MR) is 143 cm³/mol. The molecule has 3 aromatic rings. The van der Waals surface area contributed by atoms with Crippen molar-refractivity contribution in [1.82, 2.24) is 14.3 Å². The Labute approximate surface area is 224 Å². The maximum absolute atomic E-state index is 13.4. The average Bonchev–Trinajstić information content (AvgIpc) is 3.39. The minimum atomic E-state index is -3.82. The summed E-state index contributed by atoms with van der Waals surface area (Å²) in [5.41, 5.74) is 2.71. The van der Waals surface area contributed by atoms with Gasteiger partial charge >= 0.3 is 0 Å². The topological polar surface area (TPSA) is 116 Å². The van der Waals surface area contributed by atoms with Crippen LogP contribution in [0.1, 0.15) is 18.9 Å². The lowest BCUT2D eigenvalue weighted by atomic mass is 10.00. The highest BCUT2D eigenvalue weighted by atomic mass is 35.5. The lowest BCUT2D eigenvalue weighted by Crippen LogP contribution is -2.57. The Morgan fingerprint density at radius 2 is 1.92 bits per heavy atom. The third-order valence-corrected chi connectivity index (χ3v) is 8.89. The molecule has 2 aliphatic heterocycles. The maximum atomic E-state index is 13.4. The molecule has 2 amide bonds. The van der Waals surface area contributed by atoms with E-state index in [0.717, 1.165) is 42.2 Å². The van der Waals surface area contributed by atoms with Crippen LogP contribution in [0.25, 0.3) is 0 Å². The smallest absolute Gasteiger partial charge is 0.263 e. The summed E-state index contributed by atoms with van der Waals surface area (Å²) in [4.78, 5) is 35.5. The van der Waals surface area contributed by atoms with Gasteiger partial charge in [0.15, 0.2) is 0 Å². The lowest BCUT2D eigenvalue weighted by molar-refractivity contribution is -0.137. The van der Waals surface area contributed by atoms with E-state index in [9.17, 15) is 18.0 Å². The molecule has 1 fully saturated rings. The number of anilines is 3. The molecule has 10 nitrogen and oxygen atoms in total. The van der Waals surface area contributed by atoms with Crippen LogP contribution in [-0.2, 0) is 26.0 Å². The second kappa shape index (κ2) is 10.3. The van der Waals surface area contributed by atoms with Crippen molar-refractivity contribution in [3.63, 3.8) is 0 Å². The van der Waals surface area contributed by atoms with E-state index in [1.54, 1.807) is 21.9 Å². The van der Waals surface area contributed by atoms with Gasteiger partial charge in [-0.1, -0.05) is 11.6 Å². The Morgan fingerprint density at radius 1 is 1.14 bits per heavy atom. The molecule has 0 radical (unpaired) electrons. The Kier molecular flexibility index (Phi) is 7.06. The Bertz CT molecular complexity index is 1420. The van der Waals surface area contributed by atoms with Crippen molar-refractivity contribution in [3.05, 3.63) is 59.4 Å². The van der Waals surface area contributed by atoms with Gasteiger partial charge in [-0.3, -0.25) is 14.3 Å². The fourth-order valence-corrected chi connectivity index (χ4v) is 6.58. The van der Waals surface area contributed by atoms with Gasteiger partial charge in [-0.25, -0.2) is 13.4 Å². The van der Waals surface area contributed by atoms with E-state index >= 15 is 0 Å². The molecule has 3 heterocycles. The molecule has 194 valence electrons. The number of benzene rings is 2. The second-order valence-corrected chi connectivity index (χ2v) is 11.8. The molecule has 37 heavy (non-hydrogen) atoms. The van der Waals surface area contributed by atoms with E-state index in [4.69, 9.17) is 11.6 Å². The third-order valence-electron chi connectivity index (χ3n) is 6.60. The van der Waals surface area contributed by atoms with Crippen molar-refractivity contribution in [3.8, 4) is 0 Å². The quantitative estimate of drug-likeness (QED) is 0.492. The van der Waals surface area contributed by atoms with Crippen molar-refractivity contribution in [2.45, 2.75) is 30.7 Å². The summed E-state index contributed by atoms with van der Waals surface area (Å²) < 4.78 is 31.2. The van der Waals surface area contributed by atoms with Gasteiger partial charge in [0.1, 0.15) is 18.9 Å². The molecule has 5 rings (SSSR count). The van der Waals surface area contributed by atoms with Crippen LogP contribution in [0.2, 0.25) is 5.02 Å². The zero-order chi connectivity index (χ0) is 26.2. The molecular formula is C24H25ClN6O4S2. The average molecular weight is 561 g/mol. The highest BCUT2D eigenvalue weighted by Gasteiger charge is 2.34. The Balaban J connectivity index is 1.24. The van der Waals surface area contributed by atoms with E-state index in [1.165, 1.54) is 18.5 Å². The van der Waals surface area contributed by atoms with Gasteiger partial charge in [-0.15, -0.1) is 0 Å². The summed E-state index contributed by atoms with van der Waals surface area (Å²) >= 11 is 7.09. The minimum absolute atomic E-state index is 0.0386. The first-order chi connectivity index (χ1) is 17.7. The van der Waals surface area contributed by atoms with Gasteiger partial charge < -0.3 is 14.7 Å². The number of aryl methyl sites for hydroxylation is 1. The predicted octanol–water partition coefficient (Wildman–Crippen LogP) is 3.01.